The zero-order chi connectivity index (χ0) is 17.4. The van der Waals surface area contributed by atoms with Gasteiger partial charge < -0.3 is 10.5 Å². The van der Waals surface area contributed by atoms with Crippen molar-refractivity contribution in [1.29, 1.82) is 0 Å². The number of benzene rings is 1. The maximum Gasteiger partial charge on any atom is 0.359 e. The number of ether oxygens (including phenoxy) is 1. The van der Waals surface area contributed by atoms with Gasteiger partial charge in [0.05, 0.1) is 23.7 Å². The van der Waals surface area contributed by atoms with Gasteiger partial charge in [0, 0.05) is 11.8 Å². The number of esters is 1. The Balaban J connectivity index is 1.98. The lowest BCUT2D eigenvalue weighted by Crippen LogP contribution is -2.12. The number of carbonyl (C=O) groups is 1. The van der Waals surface area contributed by atoms with Crippen LogP contribution >= 0.6 is 0 Å². The SMILES string of the molecule is CCOC(=O)c1nn(-c2ccccc2)c2c1CCc1cnc(N)nc1-2. The summed E-state index contributed by atoms with van der Waals surface area (Å²) in [5, 5.41) is 4.55. The van der Waals surface area contributed by atoms with Gasteiger partial charge in [-0.15, -0.1) is 0 Å². The molecule has 4 rings (SSSR count). The van der Waals surface area contributed by atoms with Crippen LogP contribution in [-0.2, 0) is 17.6 Å². The van der Waals surface area contributed by atoms with E-state index in [2.05, 4.69) is 15.1 Å². The van der Waals surface area contributed by atoms with Crippen LogP contribution in [0.5, 0.6) is 0 Å². The van der Waals surface area contributed by atoms with Crippen LogP contribution in [-0.4, -0.2) is 32.3 Å². The van der Waals surface area contributed by atoms with Crippen molar-refractivity contribution in [3.63, 3.8) is 0 Å². The van der Waals surface area contributed by atoms with Gasteiger partial charge in [0.1, 0.15) is 0 Å². The number of fused-ring (bicyclic) bond motifs is 3. The molecule has 2 heterocycles. The van der Waals surface area contributed by atoms with Gasteiger partial charge >= 0.3 is 5.97 Å². The second-order valence-electron chi connectivity index (χ2n) is 5.75. The average molecular weight is 335 g/mol. The minimum atomic E-state index is -0.418. The Morgan fingerprint density at radius 3 is 2.84 bits per heavy atom. The molecule has 3 aromatic rings. The zero-order valence-electron chi connectivity index (χ0n) is 13.8. The molecule has 0 fully saturated rings. The van der Waals surface area contributed by atoms with Gasteiger partial charge in [0.25, 0.3) is 0 Å². The van der Waals surface area contributed by atoms with Crippen molar-refractivity contribution < 1.29 is 9.53 Å². The molecule has 1 aliphatic rings. The molecular weight excluding hydrogens is 318 g/mol. The fourth-order valence-electron chi connectivity index (χ4n) is 3.12. The highest BCUT2D eigenvalue weighted by atomic mass is 16.5. The van der Waals surface area contributed by atoms with Crippen molar-refractivity contribution in [3.05, 3.63) is 53.3 Å². The van der Waals surface area contributed by atoms with E-state index in [0.29, 0.717) is 18.7 Å². The molecule has 7 heteroatoms. The Labute approximate surface area is 144 Å². The predicted octanol–water partition coefficient (Wildman–Crippen LogP) is 2.19. The van der Waals surface area contributed by atoms with E-state index in [4.69, 9.17) is 10.5 Å². The molecule has 0 saturated heterocycles. The number of nitrogen functional groups attached to an aromatic ring is 1. The van der Waals surface area contributed by atoms with Gasteiger partial charge in [0.15, 0.2) is 5.69 Å². The maximum absolute atomic E-state index is 12.4. The molecule has 126 valence electrons. The highest BCUT2D eigenvalue weighted by Crippen LogP contribution is 2.35. The molecular formula is C18H17N5O2. The third-order valence-electron chi connectivity index (χ3n) is 4.20. The van der Waals surface area contributed by atoms with E-state index in [9.17, 15) is 4.79 Å². The van der Waals surface area contributed by atoms with Crippen molar-refractivity contribution >= 4 is 11.9 Å². The summed E-state index contributed by atoms with van der Waals surface area (Å²) in [6.07, 6.45) is 3.15. The number of nitrogens with zero attached hydrogens (tertiary/aromatic N) is 4. The number of nitrogens with two attached hydrogens (primary N) is 1. The molecule has 0 atom stereocenters. The minimum absolute atomic E-state index is 0.199. The normalized spacial score (nSPS) is 12.4. The van der Waals surface area contributed by atoms with Gasteiger partial charge in [-0.25, -0.2) is 19.4 Å². The van der Waals surface area contributed by atoms with Crippen LogP contribution in [0, 0.1) is 0 Å². The van der Waals surface area contributed by atoms with Gasteiger partial charge in [-0.3, -0.25) is 0 Å². The van der Waals surface area contributed by atoms with Crippen molar-refractivity contribution in [2.75, 3.05) is 12.3 Å². The molecule has 0 unspecified atom stereocenters. The molecule has 25 heavy (non-hydrogen) atoms. The summed E-state index contributed by atoms with van der Waals surface area (Å²) in [6, 6.07) is 9.64. The number of hydrogen-bond donors (Lipinski definition) is 1. The van der Waals surface area contributed by atoms with Crippen molar-refractivity contribution in [1.82, 2.24) is 19.7 Å². The molecule has 2 N–H and O–H groups in total. The fourth-order valence-corrected chi connectivity index (χ4v) is 3.12. The van der Waals surface area contributed by atoms with Crippen LogP contribution in [0.15, 0.2) is 36.5 Å². The molecule has 1 aromatic carbocycles. The number of rotatable bonds is 3. The first kappa shape index (κ1) is 15.3. The van der Waals surface area contributed by atoms with Crippen molar-refractivity contribution in [3.8, 4) is 17.1 Å². The topological polar surface area (TPSA) is 95.9 Å². The van der Waals surface area contributed by atoms with E-state index >= 15 is 0 Å². The van der Waals surface area contributed by atoms with Crippen LogP contribution in [0.3, 0.4) is 0 Å². The molecule has 0 aliphatic heterocycles. The lowest BCUT2D eigenvalue weighted by atomic mass is 9.93. The monoisotopic (exact) mass is 335 g/mol. The van der Waals surface area contributed by atoms with E-state index in [0.717, 1.165) is 34.6 Å². The smallest absolute Gasteiger partial charge is 0.359 e. The zero-order valence-corrected chi connectivity index (χ0v) is 13.8. The molecule has 0 radical (unpaired) electrons. The molecule has 0 saturated carbocycles. The fraction of sp³-hybridized carbons (Fsp3) is 0.222. The van der Waals surface area contributed by atoms with E-state index in [1.54, 1.807) is 17.8 Å². The Bertz CT molecular complexity index is 950. The minimum Gasteiger partial charge on any atom is -0.461 e. The van der Waals surface area contributed by atoms with Crippen LogP contribution in [0.2, 0.25) is 0 Å². The van der Waals surface area contributed by atoms with E-state index in [1.807, 2.05) is 30.3 Å². The molecule has 7 nitrogen and oxygen atoms in total. The number of aryl methyl sites for hydroxylation is 1. The third kappa shape index (κ3) is 2.53. The van der Waals surface area contributed by atoms with Crippen molar-refractivity contribution in [2.45, 2.75) is 19.8 Å². The number of aromatic nitrogens is 4. The maximum atomic E-state index is 12.4. The highest BCUT2D eigenvalue weighted by molar-refractivity contribution is 5.92. The standard InChI is InChI=1S/C18H17N5O2/c1-2-25-17(24)15-13-9-8-11-10-20-18(19)21-14(11)16(13)23(22-15)12-6-4-3-5-7-12/h3-7,10H,2,8-9H2,1H3,(H2,19,20,21). The summed E-state index contributed by atoms with van der Waals surface area (Å²) in [4.78, 5) is 20.9. The van der Waals surface area contributed by atoms with Crippen LogP contribution in [0.25, 0.3) is 17.1 Å². The van der Waals surface area contributed by atoms with Gasteiger partial charge in [-0.05, 0) is 37.5 Å². The molecule has 2 aromatic heterocycles. The van der Waals surface area contributed by atoms with Gasteiger partial charge in [0.2, 0.25) is 5.95 Å². The quantitative estimate of drug-likeness (QED) is 0.737. The summed E-state index contributed by atoms with van der Waals surface area (Å²) in [5.41, 5.74) is 10.3. The van der Waals surface area contributed by atoms with Crippen molar-refractivity contribution in [2.24, 2.45) is 0 Å². The second-order valence-corrected chi connectivity index (χ2v) is 5.75. The van der Waals surface area contributed by atoms with Crippen LogP contribution in [0.4, 0.5) is 5.95 Å². The lowest BCUT2D eigenvalue weighted by Gasteiger charge is -2.17. The Morgan fingerprint density at radius 2 is 2.08 bits per heavy atom. The molecule has 0 amide bonds. The largest absolute Gasteiger partial charge is 0.461 e. The number of para-hydroxylation sites is 1. The summed E-state index contributed by atoms with van der Waals surface area (Å²) in [7, 11) is 0. The van der Waals surface area contributed by atoms with E-state index in [1.165, 1.54) is 0 Å². The second kappa shape index (κ2) is 6.01. The first-order valence-electron chi connectivity index (χ1n) is 8.15. The summed E-state index contributed by atoms with van der Waals surface area (Å²) in [6.45, 7) is 2.08. The van der Waals surface area contributed by atoms with E-state index < -0.39 is 5.97 Å². The average Bonchev–Trinajstić information content (AvgIpc) is 3.03. The Morgan fingerprint density at radius 1 is 1.28 bits per heavy atom. The summed E-state index contributed by atoms with van der Waals surface area (Å²) in [5.74, 6) is -0.219. The first-order chi connectivity index (χ1) is 12.2. The predicted molar refractivity (Wildman–Crippen MR) is 92.4 cm³/mol. The molecule has 0 bridgehead atoms. The summed E-state index contributed by atoms with van der Waals surface area (Å²) < 4.78 is 6.92. The van der Waals surface area contributed by atoms with Crippen LogP contribution in [0.1, 0.15) is 28.5 Å². The number of hydrogen-bond acceptors (Lipinski definition) is 6. The summed E-state index contributed by atoms with van der Waals surface area (Å²) >= 11 is 0. The Kier molecular flexibility index (Phi) is 3.68. The number of anilines is 1. The molecule has 1 aliphatic carbocycles. The van der Waals surface area contributed by atoms with E-state index in [-0.39, 0.29) is 5.95 Å². The first-order valence-corrected chi connectivity index (χ1v) is 8.15. The number of carbonyl (C=O) groups excluding carboxylic acids is 1. The molecule has 0 spiro atoms. The van der Waals surface area contributed by atoms with Gasteiger partial charge in [-0.2, -0.15) is 5.10 Å². The van der Waals surface area contributed by atoms with Crippen LogP contribution < -0.4 is 5.73 Å². The Hall–Kier alpha value is -3.22. The third-order valence-corrected chi connectivity index (χ3v) is 4.20. The lowest BCUT2D eigenvalue weighted by molar-refractivity contribution is 0.0517. The highest BCUT2D eigenvalue weighted by Gasteiger charge is 2.30. The van der Waals surface area contributed by atoms with Gasteiger partial charge in [-0.1, -0.05) is 18.2 Å².